The van der Waals surface area contributed by atoms with Gasteiger partial charge < -0.3 is 14.8 Å². The van der Waals surface area contributed by atoms with E-state index < -0.39 is 5.97 Å². The summed E-state index contributed by atoms with van der Waals surface area (Å²) in [5.74, 6) is 0.0717. The van der Waals surface area contributed by atoms with Crippen LogP contribution in [0.15, 0.2) is 18.2 Å². The summed E-state index contributed by atoms with van der Waals surface area (Å²) >= 11 is 0. The van der Waals surface area contributed by atoms with E-state index in [0.717, 1.165) is 17.7 Å². The van der Waals surface area contributed by atoms with Crippen molar-refractivity contribution in [3.8, 4) is 5.75 Å². The molecule has 0 aliphatic carbocycles. The number of amides is 1. The van der Waals surface area contributed by atoms with Crippen LogP contribution in [0, 0.1) is 0 Å². The summed E-state index contributed by atoms with van der Waals surface area (Å²) in [5, 5.41) is 2.49. The molecule has 1 aromatic carbocycles. The number of rotatable bonds is 3. The van der Waals surface area contributed by atoms with E-state index in [0.29, 0.717) is 12.2 Å². The van der Waals surface area contributed by atoms with Crippen molar-refractivity contribution in [1.82, 2.24) is 5.32 Å². The monoisotopic (exact) mass is 235 g/mol. The van der Waals surface area contributed by atoms with Crippen molar-refractivity contribution in [2.75, 3.05) is 20.3 Å². The van der Waals surface area contributed by atoms with Gasteiger partial charge in [0.2, 0.25) is 0 Å². The Morgan fingerprint density at radius 3 is 3.06 bits per heavy atom. The molecule has 0 unspecified atom stereocenters. The second-order valence-corrected chi connectivity index (χ2v) is 3.68. The van der Waals surface area contributed by atoms with E-state index in [9.17, 15) is 9.59 Å². The second-order valence-electron chi connectivity index (χ2n) is 3.68. The third-order valence-corrected chi connectivity index (χ3v) is 2.57. The fourth-order valence-corrected chi connectivity index (χ4v) is 1.65. The van der Waals surface area contributed by atoms with E-state index in [-0.39, 0.29) is 12.5 Å². The molecule has 0 radical (unpaired) electrons. The van der Waals surface area contributed by atoms with Crippen molar-refractivity contribution >= 4 is 11.9 Å². The van der Waals surface area contributed by atoms with Crippen molar-refractivity contribution in [2.24, 2.45) is 0 Å². The zero-order valence-electron chi connectivity index (χ0n) is 9.49. The molecule has 2 rings (SSSR count). The number of hydrogen-bond acceptors (Lipinski definition) is 4. The average Bonchev–Trinajstić information content (AvgIpc) is 2.82. The summed E-state index contributed by atoms with van der Waals surface area (Å²) in [7, 11) is 1.28. The fourth-order valence-electron chi connectivity index (χ4n) is 1.65. The van der Waals surface area contributed by atoms with Crippen LogP contribution in [0.1, 0.15) is 15.9 Å². The minimum absolute atomic E-state index is 0.122. The van der Waals surface area contributed by atoms with E-state index in [4.69, 9.17) is 4.74 Å². The molecule has 0 bridgehead atoms. The van der Waals surface area contributed by atoms with Crippen molar-refractivity contribution < 1.29 is 19.1 Å². The number of methoxy groups -OCH3 is 1. The Morgan fingerprint density at radius 2 is 2.29 bits per heavy atom. The molecule has 5 heteroatoms. The normalized spacial score (nSPS) is 12.5. The van der Waals surface area contributed by atoms with E-state index in [1.807, 2.05) is 0 Å². The van der Waals surface area contributed by atoms with E-state index in [2.05, 4.69) is 10.1 Å². The van der Waals surface area contributed by atoms with Gasteiger partial charge in [-0.25, -0.2) is 0 Å². The summed E-state index contributed by atoms with van der Waals surface area (Å²) < 4.78 is 9.78. The highest BCUT2D eigenvalue weighted by Crippen LogP contribution is 2.25. The maximum Gasteiger partial charge on any atom is 0.325 e. The Kier molecular flexibility index (Phi) is 3.27. The molecular formula is C12H13NO4. The molecule has 0 spiro atoms. The molecule has 1 N–H and O–H groups in total. The highest BCUT2D eigenvalue weighted by Gasteiger charge is 2.15. The smallest absolute Gasteiger partial charge is 0.325 e. The fraction of sp³-hybridized carbons (Fsp3) is 0.333. The third-order valence-electron chi connectivity index (χ3n) is 2.57. The molecule has 5 nitrogen and oxygen atoms in total. The van der Waals surface area contributed by atoms with Crippen molar-refractivity contribution in [3.05, 3.63) is 29.3 Å². The van der Waals surface area contributed by atoms with Crippen LogP contribution in [-0.4, -0.2) is 32.1 Å². The third kappa shape index (κ3) is 2.55. The lowest BCUT2D eigenvalue weighted by Crippen LogP contribution is -2.30. The molecule has 0 saturated carbocycles. The number of hydrogen-bond donors (Lipinski definition) is 1. The van der Waals surface area contributed by atoms with Crippen LogP contribution < -0.4 is 10.1 Å². The summed E-state index contributed by atoms with van der Waals surface area (Å²) in [6.45, 7) is 0.533. The van der Waals surface area contributed by atoms with Crippen molar-refractivity contribution in [1.29, 1.82) is 0 Å². The first-order chi connectivity index (χ1) is 8.20. The van der Waals surface area contributed by atoms with Gasteiger partial charge >= 0.3 is 5.97 Å². The molecule has 0 aromatic heterocycles. The molecule has 1 amide bonds. The quantitative estimate of drug-likeness (QED) is 0.776. The first kappa shape index (κ1) is 11.4. The zero-order valence-corrected chi connectivity index (χ0v) is 9.49. The number of nitrogens with one attached hydrogen (secondary N) is 1. The van der Waals surface area contributed by atoms with Gasteiger partial charge in [-0.15, -0.1) is 0 Å². The minimum atomic E-state index is -0.470. The van der Waals surface area contributed by atoms with Gasteiger partial charge in [-0.3, -0.25) is 9.59 Å². The highest BCUT2D eigenvalue weighted by molar-refractivity contribution is 5.96. The van der Waals surface area contributed by atoms with Gasteiger partial charge in [-0.1, -0.05) is 0 Å². The topological polar surface area (TPSA) is 64.6 Å². The first-order valence-electron chi connectivity index (χ1n) is 5.31. The number of esters is 1. The number of carbonyl (C=O) groups is 2. The molecule has 0 fully saturated rings. The van der Waals surface area contributed by atoms with Crippen LogP contribution >= 0.6 is 0 Å². The summed E-state index contributed by atoms with van der Waals surface area (Å²) in [6, 6.07) is 5.24. The first-order valence-corrected chi connectivity index (χ1v) is 5.31. The van der Waals surface area contributed by atoms with Gasteiger partial charge in [0.05, 0.1) is 13.7 Å². The SMILES string of the molecule is COC(=O)CNC(=O)c1ccc2c(c1)CCO2. The van der Waals surface area contributed by atoms with Crippen LogP contribution in [0.4, 0.5) is 0 Å². The Labute approximate surface area is 98.7 Å². The van der Waals surface area contributed by atoms with E-state index >= 15 is 0 Å². The summed E-state index contributed by atoms with van der Waals surface area (Å²) in [4.78, 5) is 22.6. The average molecular weight is 235 g/mol. The van der Waals surface area contributed by atoms with Gasteiger partial charge in [0.25, 0.3) is 5.91 Å². The van der Waals surface area contributed by atoms with Gasteiger partial charge in [-0.2, -0.15) is 0 Å². The molecule has 1 heterocycles. The van der Waals surface area contributed by atoms with Crippen LogP contribution in [0.25, 0.3) is 0 Å². The van der Waals surface area contributed by atoms with Crippen LogP contribution in [-0.2, 0) is 16.0 Å². The maximum atomic E-state index is 11.7. The number of benzene rings is 1. The van der Waals surface area contributed by atoms with Gasteiger partial charge in [-0.05, 0) is 23.8 Å². The maximum absolute atomic E-state index is 11.7. The molecule has 0 atom stereocenters. The second kappa shape index (κ2) is 4.86. The van der Waals surface area contributed by atoms with Gasteiger partial charge in [0.15, 0.2) is 0 Å². The molecule has 1 aromatic rings. The van der Waals surface area contributed by atoms with Gasteiger partial charge in [0.1, 0.15) is 12.3 Å². The lowest BCUT2D eigenvalue weighted by atomic mass is 10.1. The molecule has 90 valence electrons. The van der Waals surface area contributed by atoms with Crippen LogP contribution in [0.2, 0.25) is 0 Å². The largest absolute Gasteiger partial charge is 0.493 e. The predicted molar refractivity (Wildman–Crippen MR) is 60.0 cm³/mol. The molecule has 1 aliphatic heterocycles. The highest BCUT2D eigenvalue weighted by atomic mass is 16.5. The lowest BCUT2D eigenvalue weighted by Gasteiger charge is -2.05. The predicted octanol–water partition coefficient (Wildman–Crippen LogP) is 0.524. The molecule has 17 heavy (non-hydrogen) atoms. The van der Waals surface area contributed by atoms with Gasteiger partial charge in [0, 0.05) is 12.0 Å². The van der Waals surface area contributed by atoms with Crippen LogP contribution in [0.5, 0.6) is 5.75 Å². The Bertz CT molecular complexity index is 456. The number of ether oxygens (including phenoxy) is 2. The summed E-state index contributed by atoms with van der Waals surface area (Å²) in [5.41, 5.74) is 1.55. The van der Waals surface area contributed by atoms with E-state index in [1.54, 1.807) is 18.2 Å². The van der Waals surface area contributed by atoms with Crippen molar-refractivity contribution in [3.63, 3.8) is 0 Å². The lowest BCUT2D eigenvalue weighted by molar-refractivity contribution is -0.139. The van der Waals surface area contributed by atoms with Crippen molar-refractivity contribution in [2.45, 2.75) is 6.42 Å². The Hall–Kier alpha value is -2.04. The zero-order chi connectivity index (χ0) is 12.3. The van der Waals surface area contributed by atoms with Crippen LogP contribution in [0.3, 0.4) is 0 Å². The van der Waals surface area contributed by atoms with E-state index in [1.165, 1.54) is 7.11 Å². The summed E-state index contributed by atoms with van der Waals surface area (Å²) in [6.07, 6.45) is 0.813. The molecule has 1 aliphatic rings. The Balaban J connectivity index is 2.02. The molecule has 0 saturated heterocycles. The minimum Gasteiger partial charge on any atom is -0.493 e. The number of fused-ring (bicyclic) bond motifs is 1. The number of carbonyl (C=O) groups excluding carboxylic acids is 2. The molecular weight excluding hydrogens is 222 g/mol. The Morgan fingerprint density at radius 1 is 1.47 bits per heavy atom. The standard InChI is InChI=1S/C12H13NO4/c1-16-11(14)7-13-12(15)9-2-3-10-8(6-9)4-5-17-10/h2-3,6H,4-5,7H2,1H3,(H,13,15).